The van der Waals surface area contributed by atoms with Crippen LogP contribution in [0.25, 0.3) is 0 Å². The molecule has 0 aromatic heterocycles. The standard InChI is InChI=1S/C14H30N2/c1-6-8-16-10-13(9-12(3)4)15-11-14(16,5)7-2/h12-13,15H,6-11H2,1-5H3. The summed E-state index contributed by atoms with van der Waals surface area (Å²) in [5.41, 5.74) is 0.378. The minimum atomic E-state index is 0.378. The lowest BCUT2D eigenvalue weighted by atomic mass is 9.90. The summed E-state index contributed by atoms with van der Waals surface area (Å²) in [5, 5.41) is 3.74. The Morgan fingerprint density at radius 2 is 2.06 bits per heavy atom. The van der Waals surface area contributed by atoms with Crippen molar-refractivity contribution in [2.24, 2.45) is 5.92 Å². The van der Waals surface area contributed by atoms with E-state index < -0.39 is 0 Å². The zero-order chi connectivity index (χ0) is 12.2. The first kappa shape index (κ1) is 14.0. The Balaban J connectivity index is 2.57. The van der Waals surface area contributed by atoms with Crippen molar-refractivity contribution >= 4 is 0 Å². The average molecular weight is 226 g/mol. The average Bonchev–Trinajstić information content (AvgIpc) is 2.23. The topological polar surface area (TPSA) is 15.3 Å². The molecule has 96 valence electrons. The van der Waals surface area contributed by atoms with Crippen LogP contribution in [0.15, 0.2) is 0 Å². The lowest BCUT2D eigenvalue weighted by Gasteiger charge is -2.48. The molecule has 0 aliphatic carbocycles. The van der Waals surface area contributed by atoms with Crippen LogP contribution in [0, 0.1) is 5.92 Å². The molecule has 1 aliphatic heterocycles. The maximum Gasteiger partial charge on any atom is 0.0303 e. The van der Waals surface area contributed by atoms with Crippen LogP contribution in [-0.2, 0) is 0 Å². The fourth-order valence-corrected chi connectivity index (χ4v) is 2.73. The van der Waals surface area contributed by atoms with Gasteiger partial charge < -0.3 is 5.32 Å². The molecule has 1 N–H and O–H groups in total. The SMILES string of the molecule is CCCN1CC(CC(C)C)NCC1(C)CC. The molecular formula is C14H30N2. The third-order valence-corrected chi connectivity index (χ3v) is 3.99. The molecule has 16 heavy (non-hydrogen) atoms. The van der Waals surface area contributed by atoms with Crippen LogP contribution in [-0.4, -0.2) is 36.1 Å². The van der Waals surface area contributed by atoms with E-state index >= 15 is 0 Å². The number of rotatable bonds is 5. The van der Waals surface area contributed by atoms with Crippen LogP contribution in [0.1, 0.15) is 53.9 Å². The molecule has 2 atom stereocenters. The van der Waals surface area contributed by atoms with E-state index in [2.05, 4.69) is 44.8 Å². The fraction of sp³-hybridized carbons (Fsp3) is 1.00. The molecule has 1 fully saturated rings. The van der Waals surface area contributed by atoms with E-state index in [0.29, 0.717) is 11.6 Å². The first-order chi connectivity index (χ1) is 7.51. The maximum absolute atomic E-state index is 3.74. The number of piperazine rings is 1. The molecular weight excluding hydrogens is 196 g/mol. The molecule has 0 radical (unpaired) electrons. The third kappa shape index (κ3) is 3.46. The van der Waals surface area contributed by atoms with E-state index in [-0.39, 0.29) is 0 Å². The first-order valence-corrected chi connectivity index (χ1v) is 7.00. The van der Waals surface area contributed by atoms with Gasteiger partial charge in [0.1, 0.15) is 0 Å². The Bertz CT molecular complexity index is 203. The fourth-order valence-electron chi connectivity index (χ4n) is 2.73. The highest BCUT2D eigenvalue weighted by molar-refractivity contribution is 4.95. The third-order valence-electron chi connectivity index (χ3n) is 3.99. The lowest BCUT2D eigenvalue weighted by molar-refractivity contribution is 0.0445. The minimum absolute atomic E-state index is 0.378. The largest absolute Gasteiger partial charge is 0.311 e. The van der Waals surface area contributed by atoms with Crippen LogP contribution >= 0.6 is 0 Å². The minimum Gasteiger partial charge on any atom is -0.311 e. The predicted molar refractivity (Wildman–Crippen MR) is 71.8 cm³/mol. The maximum atomic E-state index is 3.74. The summed E-state index contributed by atoms with van der Waals surface area (Å²) >= 11 is 0. The zero-order valence-electron chi connectivity index (χ0n) is 11.8. The number of nitrogens with zero attached hydrogens (tertiary/aromatic N) is 1. The van der Waals surface area contributed by atoms with Crippen molar-refractivity contribution in [3.05, 3.63) is 0 Å². The second kappa shape index (κ2) is 6.02. The second-order valence-corrected chi connectivity index (χ2v) is 6.00. The van der Waals surface area contributed by atoms with E-state index in [9.17, 15) is 0 Å². The highest BCUT2D eigenvalue weighted by Crippen LogP contribution is 2.24. The van der Waals surface area contributed by atoms with Gasteiger partial charge in [-0.3, -0.25) is 4.90 Å². The molecule has 0 saturated carbocycles. The van der Waals surface area contributed by atoms with Crippen molar-refractivity contribution in [2.75, 3.05) is 19.6 Å². The molecule has 1 heterocycles. The van der Waals surface area contributed by atoms with Crippen LogP contribution < -0.4 is 5.32 Å². The summed E-state index contributed by atoms with van der Waals surface area (Å²) in [7, 11) is 0. The molecule has 2 nitrogen and oxygen atoms in total. The van der Waals surface area contributed by atoms with Crippen molar-refractivity contribution in [1.82, 2.24) is 10.2 Å². The molecule has 1 saturated heterocycles. The van der Waals surface area contributed by atoms with Crippen LogP contribution in [0.3, 0.4) is 0 Å². The number of nitrogens with one attached hydrogen (secondary N) is 1. The molecule has 1 aliphatic rings. The summed E-state index contributed by atoms with van der Waals surface area (Å²) in [5.74, 6) is 0.798. The Morgan fingerprint density at radius 1 is 1.38 bits per heavy atom. The van der Waals surface area contributed by atoms with Gasteiger partial charge in [-0.2, -0.15) is 0 Å². The molecule has 0 spiro atoms. The summed E-state index contributed by atoms with van der Waals surface area (Å²) < 4.78 is 0. The van der Waals surface area contributed by atoms with Crippen molar-refractivity contribution in [2.45, 2.75) is 65.5 Å². The van der Waals surface area contributed by atoms with E-state index in [0.717, 1.165) is 12.5 Å². The van der Waals surface area contributed by atoms with Gasteiger partial charge in [0.15, 0.2) is 0 Å². The normalized spacial score (nSPS) is 32.2. The summed E-state index contributed by atoms with van der Waals surface area (Å²) in [4.78, 5) is 2.70. The molecule has 0 aromatic rings. The zero-order valence-corrected chi connectivity index (χ0v) is 11.8. The van der Waals surface area contributed by atoms with Crippen molar-refractivity contribution in [1.29, 1.82) is 0 Å². The molecule has 0 bridgehead atoms. The van der Waals surface area contributed by atoms with Crippen molar-refractivity contribution < 1.29 is 0 Å². The van der Waals surface area contributed by atoms with Gasteiger partial charge >= 0.3 is 0 Å². The highest BCUT2D eigenvalue weighted by atomic mass is 15.3. The number of hydrogen-bond donors (Lipinski definition) is 1. The van der Waals surface area contributed by atoms with Gasteiger partial charge in [-0.25, -0.2) is 0 Å². The van der Waals surface area contributed by atoms with Crippen molar-refractivity contribution in [3.8, 4) is 0 Å². The Morgan fingerprint density at radius 3 is 2.56 bits per heavy atom. The lowest BCUT2D eigenvalue weighted by Crippen LogP contribution is -2.63. The van der Waals surface area contributed by atoms with E-state index in [1.807, 2.05) is 0 Å². The monoisotopic (exact) mass is 226 g/mol. The Hall–Kier alpha value is -0.0800. The van der Waals surface area contributed by atoms with Gasteiger partial charge in [-0.1, -0.05) is 27.7 Å². The van der Waals surface area contributed by atoms with E-state index in [1.54, 1.807) is 0 Å². The Kier molecular flexibility index (Phi) is 5.26. The number of hydrogen-bond acceptors (Lipinski definition) is 2. The molecule has 2 heteroatoms. The second-order valence-electron chi connectivity index (χ2n) is 6.00. The van der Waals surface area contributed by atoms with Gasteiger partial charge in [0.05, 0.1) is 0 Å². The van der Waals surface area contributed by atoms with E-state index in [4.69, 9.17) is 0 Å². The van der Waals surface area contributed by atoms with Crippen LogP contribution in [0.5, 0.6) is 0 Å². The van der Waals surface area contributed by atoms with Gasteiger partial charge in [-0.05, 0) is 38.6 Å². The summed E-state index contributed by atoms with van der Waals surface area (Å²) in [6.07, 6.45) is 3.82. The highest BCUT2D eigenvalue weighted by Gasteiger charge is 2.35. The van der Waals surface area contributed by atoms with Crippen molar-refractivity contribution in [3.63, 3.8) is 0 Å². The van der Waals surface area contributed by atoms with Gasteiger partial charge in [-0.15, -0.1) is 0 Å². The first-order valence-electron chi connectivity index (χ1n) is 7.00. The quantitative estimate of drug-likeness (QED) is 0.775. The van der Waals surface area contributed by atoms with Gasteiger partial charge in [0, 0.05) is 24.7 Å². The van der Waals surface area contributed by atoms with Crippen LogP contribution in [0.2, 0.25) is 0 Å². The smallest absolute Gasteiger partial charge is 0.0303 e. The van der Waals surface area contributed by atoms with Gasteiger partial charge in [0.25, 0.3) is 0 Å². The Labute approximate surface area is 102 Å². The van der Waals surface area contributed by atoms with Crippen LogP contribution in [0.4, 0.5) is 0 Å². The molecule has 0 amide bonds. The summed E-state index contributed by atoms with van der Waals surface area (Å²) in [6.45, 7) is 15.3. The van der Waals surface area contributed by atoms with E-state index in [1.165, 1.54) is 32.4 Å². The molecule has 2 unspecified atom stereocenters. The molecule has 0 aromatic carbocycles. The summed E-state index contributed by atoms with van der Waals surface area (Å²) in [6, 6.07) is 0.700. The molecule has 1 rings (SSSR count). The predicted octanol–water partition coefficient (Wildman–Crippen LogP) is 2.89. The van der Waals surface area contributed by atoms with Gasteiger partial charge in [0.2, 0.25) is 0 Å².